The van der Waals surface area contributed by atoms with Crippen molar-refractivity contribution >= 4 is 27.5 Å². The van der Waals surface area contributed by atoms with Crippen LogP contribution in [0.25, 0.3) is 0 Å². The van der Waals surface area contributed by atoms with Gasteiger partial charge in [-0.2, -0.15) is 0 Å². The van der Waals surface area contributed by atoms with Gasteiger partial charge in [-0.25, -0.2) is 4.39 Å². The molecule has 0 heterocycles. The van der Waals surface area contributed by atoms with Crippen LogP contribution in [-0.4, -0.2) is 4.83 Å². The van der Waals surface area contributed by atoms with Gasteiger partial charge in [-0.3, -0.25) is 0 Å². The van der Waals surface area contributed by atoms with Gasteiger partial charge in [0.15, 0.2) is 0 Å². The Hall–Kier alpha value is -0.0800. The van der Waals surface area contributed by atoms with Crippen molar-refractivity contribution in [3.63, 3.8) is 0 Å². The Bertz CT molecular complexity index is 433. The second kappa shape index (κ2) is 6.58. The molecule has 0 spiro atoms. The third-order valence-electron chi connectivity index (χ3n) is 4.39. The number of hydrogen-bond acceptors (Lipinski definition) is 0. The molecule has 3 heteroatoms. The summed E-state index contributed by atoms with van der Waals surface area (Å²) in [6.45, 7) is 4.58. The Morgan fingerprint density at radius 1 is 1.37 bits per heavy atom. The monoisotopic (exact) mass is 346 g/mol. The van der Waals surface area contributed by atoms with Gasteiger partial charge >= 0.3 is 0 Å². The first-order valence-electron chi connectivity index (χ1n) is 7.06. The summed E-state index contributed by atoms with van der Waals surface area (Å²) >= 11 is 9.64. The zero-order valence-corrected chi connectivity index (χ0v) is 13.8. The summed E-state index contributed by atoms with van der Waals surface area (Å²) in [4.78, 5) is 0.501. The standard InChI is InChI=1S/C16H21BrClF/c1-10(2)11-6-7-14(17)13(8-11)9-12-4-3-5-15(18)16(12)19/h3-5,10-11,13-14H,6-9H2,1-2H3. The minimum atomic E-state index is -0.240. The van der Waals surface area contributed by atoms with E-state index >= 15 is 0 Å². The van der Waals surface area contributed by atoms with E-state index in [0.29, 0.717) is 16.7 Å². The van der Waals surface area contributed by atoms with Crippen molar-refractivity contribution in [2.75, 3.05) is 0 Å². The van der Waals surface area contributed by atoms with Gasteiger partial charge in [-0.15, -0.1) is 0 Å². The van der Waals surface area contributed by atoms with E-state index in [-0.39, 0.29) is 10.8 Å². The second-order valence-corrected chi connectivity index (χ2v) is 7.59. The molecule has 0 aromatic heterocycles. The summed E-state index contributed by atoms with van der Waals surface area (Å²) in [5.41, 5.74) is 0.756. The number of rotatable bonds is 3. The topological polar surface area (TPSA) is 0 Å². The zero-order chi connectivity index (χ0) is 14.0. The fourth-order valence-corrected chi connectivity index (χ4v) is 3.93. The van der Waals surface area contributed by atoms with Crippen molar-refractivity contribution < 1.29 is 4.39 Å². The van der Waals surface area contributed by atoms with E-state index in [0.717, 1.165) is 17.9 Å². The Morgan fingerprint density at radius 2 is 2.11 bits per heavy atom. The number of benzene rings is 1. The fourth-order valence-electron chi connectivity index (χ4n) is 3.07. The molecule has 1 saturated carbocycles. The van der Waals surface area contributed by atoms with E-state index in [1.807, 2.05) is 12.1 Å². The first kappa shape index (κ1) is 15.3. The lowest BCUT2D eigenvalue weighted by atomic mass is 9.74. The first-order chi connectivity index (χ1) is 8.99. The minimum Gasteiger partial charge on any atom is -0.205 e. The maximum Gasteiger partial charge on any atom is 0.144 e. The van der Waals surface area contributed by atoms with Crippen molar-refractivity contribution in [2.24, 2.45) is 17.8 Å². The molecule has 106 valence electrons. The largest absolute Gasteiger partial charge is 0.205 e. The number of hydrogen-bond donors (Lipinski definition) is 0. The van der Waals surface area contributed by atoms with E-state index in [4.69, 9.17) is 11.6 Å². The molecule has 0 bridgehead atoms. The number of halogens is 3. The lowest BCUT2D eigenvalue weighted by Gasteiger charge is -2.35. The highest BCUT2D eigenvalue weighted by Crippen LogP contribution is 2.39. The van der Waals surface area contributed by atoms with Crippen molar-refractivity contribution in [1.29, 1.82) is 0 Å². The molecule has 2 rings (SSSR count). The molecule has 19 heavy (non-hydrogen) atoms. The first-order valence-corrected chi connectivity index (χ1v) is 8.35. The van der Waals surface area contributed by atoms with Crippen molar-refractivity contribution in [3.8, 4) is 0 Å². The zero-order valence-electron chi connectivity index (χ0n) is 11.5. The van der Waals surface area contributed by atoms with Crippen molar-refractivity contribution in [2.45, 2.75) is 44.4 Å². The minimum absolute atomic E-state index is 0.236. The second-order valence-electron chi connectivity index (χ2n) is 6.01. The van der Waals surface area contributed by atoms with Gasteiger partial charge in [0.05, 0.1) is 5.02 Å². The quantitative estimate of drug-likeness (QED) is 0.601. The van der Waals surface area contributed by atoms with Gasteiger partial charge in [-0.05, 0) is 55.1 Å². The van der Waals surface area contributed by atoms with Crippen LogP contribution in [0.5, 0.6) is 0 Å². The molecule has 0 radical (unpaired) electrons. The molecule has 3 atom stereocenters. The summed E-state index contributed by atoms with van der Waals surface area (Å²) < 4.78 is 14.0. The Balaban J connectivity index is 2.10. The van der Waals surface area contributed by atoms with Crippen molar-refractivity contribution in [1.82, 2.24) is 0 Å². The molecular formula is C16H21BrClF. The predicted octanol–water partition coefficient (Wildman–Crippen LogP) is 5.86. The molecule has 1 aromatic rings. The Labute approximate surface area is 128 Å². The molecule has 3 unspecified atom stereocenters. The summed E-state index contributed by atoms with van der Waals surface area (Å²) in [6, 6.07) is 5.32. The summed E-state index contributed by atoms with van der Waals surface area (Å²) in [5.74, 6) is 1.75. The van der Waals surface area contributed by atoms with E-state index in [1.165, 1.54) is 19.3 Å². The third-order valence-corrected chi connectivity index (χ3v) is 5.88. The molecular weight excluding hydrogens is 327 g/mol. The van der Waals surface area contributed by atoms with Gasteiger partial charge in [0.2, 0.25) is 0 Å². The van der Waals surface area contributed by atoms with Crippen LogP contribution in [0.15, 0.2) is 18.2 Å². The third kappa shape index (κ3) is 3.72. The molecule has 0 aliphatic heterocycles. The van der Waals surface area contributed by atoms with Crippen LogP contribution in [-0.2, 0) is 6.42 Å². The average Bonchev–Trinajstić information content (AvgIpc) is 2.37. The van der Waals surface area contributed by atoms with Crippen LogP contribution in [0.2, 0.25) is 5.02 Å². The summed E-state index contributed by atoms with van der Waals surface area (Å²) in [7, 11) is 0. The predicted molar refractivity (Wildman–Crippen MR) is 83.5 cm³/mol. The Morgan fingerprint density at radius 3 is 2.79 bits per heavy atom. The van der Waals surface area contributed by atoms with Gasteiger partial charge in [0, 0.05) is 4.83 Å². The van der Waals surface area contributed by atoms with Crippen LogP contribution >= 0.6 is 27.5 Å². The van der Waals surface area contributed by atoms with Crippen LogP contribution < -0.4 is 0 Å². The molecule has 1 aliphatic carbocycles. The maximum atomic E-state index is 14.0. The van der Waals surface area contributed by atoms with Crippen LogP contribution in [0.4, 0.5) is 4.39 Å². The SMILES string of the molecule is CC(C)C1CCC(Br)C(Cc2cccc(Cl)c2F)C1. The maximum absolute atomic E-state index is 14.0. The average molecular weight is 348 g/mol. The van der Waals surface area contributed by atoms with Gasteiger partial charge in [0.1, 0.15) is 5.82 Å². The Kier molecular flexibility index (Phi) is 5.30. The van der Waals surface area contributed by atoms with Gasteiger partial charge in [0.25, 0.3) is 0 Å². The fraction of sp³-hybridized carbons (Fsp3) is 0.625. The highest BCUT2D eigenvalue weighted by atomic mass is 79.9. The normalized spacial score (nSPS) is 27.8. The molecule has 0 N–H and O–H groups in total. The van der Waals surface area contributed by atoms with E-state index in [2.05, 4.69) is 29.8 Å². The van der Waals surface area contributed by atoms with Crippen molar-refractivity contribution in [3.05, 3.63) is 34.6 Å². The van der Waals surface area contributed by atoms with Crippen LogP contribution in [0.3, 0.4) is 0 Å². The summed E-state index contributed by atoms with van der Waals surface area (Å²) in [5, 5.41) is 0.236. The molecule has 0 nitrogen and oxygen atoms in total. The highest BCUT2D eigenvalue weighted by molar-refractivity contribution is 9.09. The molecule has 0 saturated heterocycles. The lowest BCUT2D eigenvalue weighted by Crippen LogP contribution is -2.29. The van der Waals surface area contributed by atoms with Gasteiger partial charge < -0.3 is 0 Å². The highest BCUT2D eigenvalue weighted by Gasteiger charge is 2.30. The smallest absolute Gasteiger partial charge is 0.144 e. The summed E-state index contributed by atoms with van der Waals surface area (Å²) in [6.07, 6.45) is 4.43. The van der Waals surface area contributed by atoms with Crippen LogP contribution in [0, 0.1) is 23.6 Å². The van der Waals surface area contributed by atoms with E-state index in [1.54, 1.807) is 6.07 Å². The molecule has 0 amide bonds. The van der Waals surface area contributed by atoms with E-state index in [9.17, 15) is 4.39 Å². The molecule has 1 aliphatic rings. The number of alkyl halides is 1. The lowest BCUT2D eigenvalue weighted by molar-refractivity contribution is 0.222. The molecule has 1 fully saturated rings. The van der Waals surface area contributed by atoms with Gasteiger partial charge in [-0.1, -0.05) is 53.5 Å². The van der Waals surface area contributed by atoms with E-state index < -0.39 is 0 Å². The van der Waals surface area contributed by atoms with Crippen LogP contribution in [0.1, 0.15) is 38.7 Å². The molecule has 1 aromatic carbocycles.